The molecule has 5 nitrogen and oxygen atoms in total. The molecule has 1 aromatic carbocycles. The van der Waals surface area contributed by atoms with Crippen LogP contribution in [0.1, 0.15) is 5.56 Å². The number of hydrogen-bond donors (Lipinski definition) is 0. The molecule has 1 aromatic rings. The van der Waals surface area contributed by atoms with Gasteiger partial charge in [0, 0.05) is 31.6 Å². The number of benzene rings is 1. The average molecular weight is 291 g/mol. The van der Waals surface area contributed by atoms with Crippen LogP contribution < -0.4 is 0 Å². The van der Waals surface area contributed by atoms with Crippen LogP contribution in [0.2, 0.25) is 0 Å². The van der Waals surface area contributed by atoms with Gasteiger partial charge in [-0.2, -0.15) is 0 Å². The Balaban J connectivity index is 1.71. The van der Waals surface area contributed by atoms with Gasteiger partial charge < -0.3 is 9.80 Å². The van der Waals surface area contributed by atoms with E-state index in [-0.39, 0.29) is 12.2 Å². The van der Waals surface area contributed by atoms with E-state index in [0.717, 1.165) is 23.9 Å². The van der Waals surface area contributed by atoms with Gasteiger partial charge in [-0.3, -0.25) is 4.99 Å². The zero-order chi connectivity index (χ0) is 14.9. The van der Waals surface area contributed by atoms with Crippen LogP contribution in [0.4, 0.5) is 0 Å². The summed E-state index contributed by atoms with van der Waals surface area (Å²) in [7, 11) is 1.84. The van der Waals surface area contributed by atoms with Crippen LogP contribution >= 0.6 is 0 Å². The van der Waals surface area contributed by atoms with Crippen LogP contribution in [0.3, 0.4) is 0 Å². The number of aliphatic imine (C=N–C) groups is 3. The van der Waals surface area contributed by atoms with Crippen LogP contribution in [-0.4, -0.2) is 53.6 Å². The molecule has 2 atom stereocenters. The quantitative estimate of drug-likeness (QED) is 0.450. The van der Waals surface area contributed by atoms with Crippen molar-refractivity contribution in [3.05, 3.63) is 60.3 Å². The number of amidine groups is 1. The first-order valence-corrected chi connectivity index (χ1v) is 7.41. The van der Waals surface area contributed by atoms with Gasteiger partial charge in [0.05, 0.1) is 6.04 Å². The molecule has 0 saturated heterocycles. The Bertz CT molecular complexity index is 714. The summed E-state index contributed by atoms with van der Waals surface area (Å²) in [4.78, 5) is 18.1. The summed E-state index contributed by atoms with van der Waals surface area (Å²) in [5, 5.41) is 0. The molecule has 0 saturated carbocycles. The molecular weight excluding hydrogens is 274 g/mol. The Morgan fingerprint density at radius 1 is 1.27 bits per heavy atom. The first kappa shape index (κ1) is 13.0. The molecule has 22 heavy (non-hydrogen) atoms. The second-order valence-corrected chi connectivity index (χ2v) is 5.35. The smallest absolute Gasteiger partial charge is 0.227 e. The summed E-state index contributed by atoms with van der Waals surface area (Å²) in [5.74, 6) is 1.75. The summed E-state index contributed by atoms with van der Waals surface area (Å²) in [6.45, 7) is 0.806. The minimum atomic E-state index is 0.0128. The minimum absolute atomic E-state index is 0.0128. The fourth-order valence-corrected chi connectivity index (χ4v) is 3.14. The van der Waals surface area contributed by atoms with Crippen LogP contribution in [0.15, 0.2) is 69.7 Å². The number of fused-ring (bicyclic) bond motifs is 3. The predicted molar refractivity (Wildman–Crippen MR) is 89.2 cm³/mol. The Morgan fingerprint density at radius 3 is 2.95 bits per heavy atom. The Hall–Kier alpha value is -2.69. The Labute approximate surface area is 129 Å². The third kappa shape index (κ3) is 1.97. The lowest BCUT2D eigenvalue weighted by molar-refractivity contribution is 0.270. The van der Waals surface area contributed by atoms with Crippen molar-refractivity contribution >= 4 is 18.0 Å². The lowest BCUT2D eigenvalue weighted by atomic mass is 10.1. The van der Waals surface area contributed by atoms with E-state index in [1.165, 1.54) is 0 Å². The van der Waals surface area contributed by atoms with Crippen LogP contribution in [-0.2, 0) is 0 Å². The number of nitrogens with zero attached hydrogens (tertiary/aromatic N) is 5. The van der Waals surface area contributed by atoms with Crippen molar-refractivity contribution in [2.24, 2.45) is 15.0 Å². The third-order valence-corrected chi connectivity index (χ3v) is 4.10. The lowest BCUT2D eigenvalue weighted by Gasteiger charge is -2.36. The molecule has 4 rings (SSSR count). The van der Waals surface area contributed by atoms with Gasteiger partial charge in [0.15, 0.2) is 6.17 Å². The SMILES string of the molecule is CN=C(c1ccccc1)N1CC=CC2C1N=C1N=CC=CN12. The molecule has 0 spiro atoms. The van der Waals surface area contributed by atoms with Gasteiger partial charge in [-0.05, 0) is 6.08 Å². The topological polar surface area (TPSA) is 43.6 Å². The van der Waals surface area contributed by atoms with Crippen molar-refractivity contribution in [3.63, 3.8) is 0 Å². The lowest BCUT2D eigenvalue weighted by Crippen LogP contribution is -2.50. The third-order valence-electron chi connectivity index (χ3n) is 4.10. The van der Waals surface area contributed by atoms with Gasteiger partial charge in [0.2, 0.25) is 5.96 Å². The van der Waals surface area contributed by atoms with Crippen molar-refractivity contribution in [3.8, 4) is 0 Å². The normalized spacial score (nSPS) is 26.0. The molecule has 0 N–H and O–H groups in total. The molecule has 3 aliphatic heterocycles. The molecule has 0 radical (unpaired) electrons. The van der Waals surface area contributed by atoms with Crippen molar-refractivity contribution in [2.75, 3.05) is 13.6 Å². The highest BCUT2D eigenvalue weighted by molar-refractivity contribution is 6.00. The van der Waals surface area contributed by atoms with Crippen molar-refractivity contribution < 1.29 is 0 Å². The van der Waals surface area contributed by atoms with E-state index >= 15 is 0 Å². The summed E-state index contributed by atoms with van der Waals surface area (Å²) >= 11 is 0. The van der Waals surface area contributed by atoms with Gasteiger partial charge in [-0.25, -0.2) is 9.98 Å². The number of allylic oxidation sites excluding steroid dienone is 1. The molecule has 0 aliphatic carbocycles. The highest BCUT2D eigenvalue weighted by atomic mass is 15.4. The zero-order valence-corrected chi connectivity index (χ0v) is 12.4. The highest BCUT2D eigenvalue weighted by Crippen LogP contribution is 2.28. The monoisotopic (exact) mass is 291 g/mol. The molecule has 0 fully saturated rings. The second-order valence-electron chi connectivity index (χ2n) is 5.35. The van der Waals surface area contributed by atoms with Gasteiger partial charge in [0.25, 0.3) is 0 Å². The van der Waals surface area contributed by atoms with Crippen molar-refractivity contribution in [1.82, 2.24) is 9.80 Å². The summed E-state index contributed by atoms with van der Waals surface area (Å²) < 4.78 is 0. The summed E-state index contributed by atoms with van der Waals surface area (Å²) in [6.07, 6.45) is 10.2. The van der Waals surface area contributed by atoms with Gasteiger partial charge in [-0.1, -0.05) is 42.5 Å². The minimum Gasteiger partial charge on any atom is -0.328 e. The van der Waals surface area contributed by atoms with E-state index < -0.39 is 0 Å². The fourth-order valence-electron chi connectivity index (χ4n) is 3.14. The summed E-state index contributed by atoms with van der Waals surface area (Å²) in [5.41, 5.74) is 1.11. The molecular formula is C17H17N5. The molecule has 2 unspecified atom stereocenters. The number of hydrogen-bond acceptors (Lipinski definition) is 4. The predicted octanol–water partition coefficient (Wildman–Crippen LogP) is 1.90. The Morgan fingerprint density at radius 2 is 2.14 bits per heavy atom. The number of rotatable bonds is 1. The second kappa shape index (κ2) is 5.26. The van der Waals surface area contributed by atoms with E-state index in [0.29, 0.717) is 0 Å². The molecule has 110 valence electrons. The maximum Gasteiger partial charge on any atom is 0.227 e. The maximum atomic E-state index is 4.80. The van der Waals surface area contributed by atoms with Gasteiger partial charge in [0.1, 0.15) is 5.84 Å². The van der Waals surface area contributed by atoms with Gasteiger partial charge in [-0.15, -0.1) is 0 Å². The number of guanidine groups is 1. The first-order chi connectivity index (χ1) is 10.9. The first-order valence-electron chi connectivity index (χ1n) is 7.41. The van der Waals surface area contributed by atoms with Crippen molar-refractivity contribution in [2.45, 2.75) is 12.2 Å². The van der Waals surface area contributed by atoms with Crippen LogP contribution in [0, 0.1) is 0 Å². The standard InChI is InChI=1S/C17H17N5/c1-18-15(13-7-3-2-4-8-13)22-11-5-9-14-16(22)20-17-19-10-6-12-21(14)17/h2-10,12,14,16H,11H2,1H3. The molecule has 3 aliphatic rings. The molecule has 3 heterocycles. The van der Waals surface area contributed by atoms with E-state index in [9.17, 15) is 0 Å². The molecule has 0 amide bonds. The van der Waals surface area contributed by atoms with E-state index in [1.54, 1.807) is 6.21 Å². The zero-order valence-electron chi connectivity index (χ0n) is 12.4. The highest BCUT2D eigenvalue weighted by Gasteiger charge is 2.40. The molecule has 0 bridgehead atoms. The maximum absolute atomic E-state index is 4.80. The van der Waals surface area contributed by atoms with E-state index in [2.05, 4.69) is 44.1 Å². The van der Waals surface area contributed by atoms with Crippen LogP contribution in [0.25, 0.3) is 0 Å². The van der Waals surface area contributed by atoms with E-state index in [1.807, 2.05) is 37.5 Å². The van der Waals surface area contributed by atoms with E-state index in [4.69, 9.17) is 4.99 Å². The largest absolute Gasteiger partial charge is 0.328 e. The molecule has 0 aromatic heterocycles. The van der Waals surface area contributed by atoms with Crippen LogP contribution in [0.5, 0.6) is 0 Å². The Kier molecular flexibility index (Phi) is 3.11. The molecule has 5 heteroatoms. The summed E-state index contributed by atoms with van der Waals surface area (Å²) in [6, 6.07) is 10.4. The fraction of sp³-hybridized carbons (Fsp3) is 0.235. The van der Waals surface area contributed by atoms with Crippen molar-refractivity contribution in [1.29, 1.82) is 0 Å². The average Bonchev–Trinajstić information content (AvgIpc) is 2.96. The van der Waals surface area contributed by atoms with Gasteiger partial charge >= 0.3 is 0 Å².